The molecule has 0 bridgehead atoms. The number of benzene rings is 5. The third-order valence-electron chi connectivity index (χ3n) is 6.63. The zero-order valence-corrected chi connectivity index (χ0v) is 26.4. The molecule has 10 heteroatoms. The SMILES string of the molecule is O=C(Nc1ccc(SC(C(=O)Nc2ccccc2F)c2ccccc2)cc1)/C(=C/c1ccc(Cl)cc1Cl)NC(=O)c1ccccc1. The molecule has 3 N–H and O–H groups in total. The van der Waals surface area contributed by atoms with Gasteiger partial charge < -0.3 is 16.0 Å². The van der Waals surface area contributed by atoms with Crippen molar-refractivity contribution in [2.45, 2.75) is 10.1 Å². The zero-order chi connectivity index (χ0) is 32.5. The molecule has 0 fully saturated rings. The van der Waals surface area contributed by atoms with Crippen LogP contribution in [0.15, 0.2) is 138 Å². The van der Waals surface area contributed by atoms with Crippen molar-refractivity contribution < 1.29 is 18.8 Å². The lowest BCUT2D eigenvalue weighted by Crippen LogP contribution is -2.30. The lowest BCUT2D eigenvalue weighted by molar-refractivity contribution is -0.116. The highest BCUT2D eigenvalue weighted by atomic mass is 35.5. The maximum atomic E-state index is 14.3. The van der Waals surface area contributed by atoms with E-state index in [-0.39, 0.29) is 17.3 Å². The highest BCUT2D eigenvalue weighted by Gasteiger charge is 2.23. The number of carbonyl (C=O) groups excluding carboxylic acids is 3. The van der Waals surface area contributed by atoms with E-state index in [1.807, 2.05) is 30.3 Å². The minimum absolute atomic E-state index is 0.0366. The number of thioether (sulfide) groups is 1. The number of carbonyl (C=O) groups is 3. The molecule has 0 aliphatic carbocycles. The Morgan fingerprint density at radius 2 is 1.39 bits per heavy atom. The van der Waals surface area contributed by atoms with Crippen molar-refractivity contribution in [3.63, 3.8) is 0 Å². The first kappa shape index (κ1) is 32.5. The molecule has 0 saturated heterocycles. The molecular formula is C36H26Cl2FN3O3S. The molecule has 0 aliphatic rings. The van der Waals surface area contributed by atoms with Gasteiger partial charge in [-0.2, -0.15) is 0 Å². The first-order valence-electron chi connectivity index (χ1n) is 14.0. The summed E-state index contributed by atoms with van der Waals surface area (Å²) < 4.78 is 14.3. The van der Waals surface area contributed by atoms with Gasteiger partial charge in [-0.15, -0.1) is 11.8 Å². The van der Waals surface area contributed by atoms with Crippen molar-refractivity contribution in [1.82, 2.24) is 5.32 Å². The number of para-hydroxylation sites is 1. The van der Waals surface area contributed by atoms with Gasteiger partial charge in [0, 0.05) is 26.2 Å². The highest BCUT2D eigenvalue weighted by Crippen LogP contribution is 2.37. The van der Waals surface area contributed by atoms with Crippen LogP contribution >= 0.6 is 35.0 Å². The summed E-state index contributed by atoms with van der Waals surface area (Å²) in [5.41, 5.74) is 2.10. The number of anilines is 2. The third-order valence-corrected chi connectivity index (χ3v) is 8.46. The number of rotatable bonds is 10. The van der Waals surface area contributed by atoms with Gasteiger partial charge >= 0.3 is 0 Å². The Bertz CT molecular complexity index is 1890. The van der Waals surface area contributed by atoms with Crippen LogP contribution in [0.4, 0.5) is 15.8 Å². The van der Waals surface area contributed by atoms with Crippen LogP contribution in [0.3, 0.4) is 0 Å². The summed E-state index contributed by atoms with van der Waals surface area (Å²) in [5, 5.41) is 8.21. The van der Waals surface area contributed by atoms with Crippen molar-refractivity contribution in [3.8, 4) is 0 Å². The molecule has 6 nitrogen and oxygen atoms in total. The van der Waals surface area contributed by atoms with Gasteiger partial charge in [-0.25, -0.2) is 4.39 Å². The number of hydrogen-bond acceptors (Lipinski definition) is 4. The minimum atomic E-state index is -0.687. The smallest absolute Gasteiger partial charge is 0.272 e. The maximum Gasteiger partial charge on any atom is 0.272 e. The van der Waals surface area contributed by atoms with E-state index in [1.54, 1.807) is 84.9 Å². The molecule has 5 rings (SSSR count). The fourth-order valence-electron chi connectivity index (χ4n) is 4.33. The second kappa shape index (κ2) is 15.4. The average Bonchev–Trinajstić information content (AvgIpc) is 3.07. The van der Waals surface area contributed by atoms with Gasteiger partial charge in [-0.05, 0) is 77.9 Å². The van der Waals surface area contributed by atoms with Crippen molar-refractivity contribution in [2.24, 2.45) is 0 Å². The first-order valence-corrected chi connectivity index (χ1v) is 15.6. The summed E-state index contributed by atoms with van der Waals surface area (Å²) in [4.78, 5) is 40.5. The van der Waals surface area contributed by atoms with E-state index in [0.29, 0.717) is 26.9 Å². The van der Waals surface area contributed by atoms with Gasteiger partial charge in [-0.1, -0.05) is 89.9 Å². The second-order valence-corrected chi connectivity index (χ2v) is 11.9. The third kappa shape index (κ3) is 8.63. The Hall–Kier alpha value is -4.89. The molecule has 0 aromatic heterocycles. The molecule has 0 radical (unpaired) electrons. The van der Waals surface area contributed by atoms with E-state index in [1.165, 1.54) is 30.0 Å². The lowest BCUT2D eigenvalue weighted by atomic mass is 10.1. The number of hydrogen-bond donors (Lipinski definition) is 3. The largest absolute Gasteiger partial charge is 0.322 e. The summed E-state index contributed by atoms with van der Waals surface area (Å²) in [5.74, 6) is -1.97. The summed E-state index contributed by atoms with van der Waals surface area (Å²) in [6, 6.07) is 35.4. The number of nitrogens with one attached hydrogen (secondary N) is 3. The van der Waals surface area contributed by atoms with E-state index in [4.69, 9.17) is 23.2 Å². The summed E-state index contributed by atoms with van der Waals surface area (Å²) in [6.07, 6.45) is 1.47. The average molecular weight is 671 g/mol. The van der Waals surface area contributed by atoms with Gasteiger partial charge in [0.1, 0.15) is 16.8 Å². The second-order valence-electron chi connectivity index (χ2n) is 9.90. The van der Waals surface area contributed by atoms with Crippen molar-refractivity contribution in [1.29, 1.82) is 0 Å². The maximum absolute atomic E-state index is 14.3. The van der Waals surface area contributed by atoms with Crippen molar-refractivity contribution in [3.05, 3.63) is 166 Å². The van der Waals surface area contributed by atoms with Crippen LogP contribution in [-0.2, 0) is 9.59 Å². The predicted octanol–water partition coefficient (Wildman–Crippen LogP) is 9.01. The molecule has 5 aromatic rings. The Labute approximate surface area is 279 Å². The van der Waals surface area contributed by atoms with Crippen LogP contribution in [-0.4, -0.2) is 17.7 Å². The molecule has 0 heterocycles. The summed E-state index contributed by atoms with van der Waals surface area (Å²) in [7, 11) is 0. The minimum Gasteiger partial charge on any atom is -0.322 e. The molecule has 3 amide bonds. The van der Waals surface area contributed by atoms with Crippen LogP contribution < -0.4 is 16.0 Å². The fraction of sp³-hybridized carbons (Fsp3) is 0.0278. The normalized spacial score (nSPS) is 11.8. The molecule has 1 unspecified atom stereocenters. The Morgan fingerprint density at radius 1 is 0.739 bits per heavy atom. The molecular weight excluding hydrogens is 644 g/mol. The van der Waals surface area contributed by atoms with Crippen LogP contribution in [0.25, 0.3) is 6.08 Å². The van der Waals surface area contributed by atoms with Gasteiger partial charge in [0.05, 0.1) is 5.69 Å². The van der Waals surface area contributed by atoms with Gasteiger partial charge in [0.2, 0.25) is 5.91 Å². The van der Waals surface area contributed by atoms with Gasteiger partial charge in [0.25, 0.3) is 11.8 Å². The van der Waals surface area contributed by atoms with Crippen molar-refractivity contribution >= 4 is 70.1 Å². The fourth-order valence-corrected chi connectivity index (χ4v) is 5.82. The molecule has 0 saturated carbocycles. The summed E-state index contributed by atoms with van der Waals surface area (Å²) >= 11 is 13.7. The number of halogens is 3. The van der Waals surface area contributed by atoms with Crippen LogP contribution in [0, 0.1) is 5.82 Å². The Balaban J connectivity index is 1.34. The topological polar surface area (TPSA) is 87.3 Å². The zero-order valence-electron chi connectivity index (χ0n) is 24.0. The first-order chi connectivity index (χ1) is 22.3. The molecule has 230 valence electrons. The van der Waals surface area contributed by atoms with Crippen LogP contribution in [0.5, 0.6) is 0 Å². The monoisotopic (exact) mass is 669 g/mol. The van der Waals surface area contributed by atoms with E-state index < -0.39 is 22.9 Å². The lowest BCUT2D eigenvalue weighted by Gasteiger charge is -2.18. The standard InChI is InChI=1S/C36H26Cl2FN3O3S/c37-26-16-15-25(29(38)22-26)21-32(42-34(43)24-11-5-2-6-12-24)35(44)40-27-17-19-28(20-18-27)46-33(23-9-3-1-4-10-23)36(45)41-31-14-8-7-13-30(31)39/h1-22,33H,(H,40,44)(H,41,45)(H,42,43)/b32-21-. The molecule has 5 aromatic carbocycles. The number of amides is 3. The van der Waals surface area contributed by atoms with E-state index in [9.17, 15) is 18.8 Å². The Kier molecular flexibility index (Phi) is 10.9. The molecule has 0 aliphatic heterocycles. The van der Waals surface area contributed by atoms with E-state index in [0.717, 1.165) is 10.5 Å². The van der Waals surface area contributed by atoms with Crippen molar-refractivity contribution in [2.75, 3.05) is 10.6 Å². The molecule has 46 heavy (non-hydrogen) atoms. The molecule has 1 atom stereocenters. The van der Waals surface area contributed by atoms with E-state index in [2.05, 4.69) is 16.0 Å². The van der Waals surface area contributed by atoms with Crippen LogP contribution in [0.1, 0.15) is 26.7 Å². The van der Waals surface area contributed by atoms with Crippen LogP contribution in [0.2, 0.25) is 10.0 Å². The highest BCUT2D eigenvalue weighted by molar-refractivity contribution is 8.00. The van der Waals surface area contributed by atoms with E-state index >= 15 is 0 Å². The Morgan fingerprint density at radius 3 is 2.07 bits per heavy atom. The summed E-state index contributed by atoms with van der Waals surface area (Å²) in [6.45, 7) is 0. The van der Waals surface area contributed by atoms with Gasteiger partial charge in [0.15, 0.2) is 0 Å². The van der Waals surface area contributed by atoms with Gasteiger partial charge in [-0.3, -0.25) is 14.4 Å². The quantitative estimate of drug-likeness (QED) is 0.102. The molecule has 0 spiro atoms. The predicted molar refractivity (Wildman–Crippen MR) is 183 cm³/mol.